The van der Waals surface area contributed by atoms with E-state index in [4.69, 9.17) is 19.3 Å². The van der Waals surface area contributed by atoms with E-state index in [9.17, 15) is 16.8 Å². The van der Waals surface area contributed by atoms with Crippen LogP contribution in [0.25, 0.3) is 0 Å². The van der Waals surface area contributed by atoms with Crippen molar-refractivity contribution in [3.63, 3.8) is 0 Å². The molecular weight excluding hydrogens is 396 g/mol. The number of fused-ring (bicyclic) bond motifs is 1. The molecule has 1 aliphatic heterocycles. The molecule has 146 valence electrons. The number of rotatable bonds is 5. The van der Waals surface area contributed by atoms with Crippen LogP contribution in [0.15, 0.2) is 46.2 Å². The van der Waals surface area contributed by atoms with Gasteiger partial charge in [0.1, 0.15) is 10.6 Å². The van der Waals surface area contributed by atoms with Gasteiger partial charge in [-0.15, -0.1) is 0 Å². The minimum absolute atomic E-state index is 0.0102. The highest BCUT2D eigenvalue weighted by Gasteiger charge is 2.21. The van der Waals surface area contributed by atoms with Crippen LogP contribution in [0, 0.1) is 0 Å². The van der Waals surface area contributed by atoms with Gasteiger partial charge in [0.25, 0.3) is 10.0 Å². The highest BCUT2D eigenvalue weighted by molar-refractivity contribution is 7.92. The number of ether oxygens (including phenoxy) is 3. The van der Waals surface area contributed by atoms with E-state index in [1.807, 2.05) is 0 Å². The van der Waals surface area contributed by atoms with Crippen molar-refractivity contribution < 1.29 is 31.0 Å². The van der Waals surface area contributed by atoms with Gasteiger partial charge in [-0.1, -0.05) is 0 Å². The molecule has 11 heteroatoms. The number of sulfonamides is 2. The van der Waals surface area contributed by atoms with Gasteiger partial charge in [-0.3, -0.25) is 4.72 Å². The molecule has 0 atom stereocenters. The van der Waals surface area contributed by atoms with Crippen LogP contribution in [-0.2, 0) is 20.0 Å². The molecule has 27 heavy (non-hydrogen) atoms. The van der Waals surface area contributed by atoms with Crippen molar-refractivity contribution in [2.45, 2.75) is 16.2 Å². The van der Waals surface area contributed by atoms with Gasteiger partial charge in [-0.25, -0.2) is 22.0 Å². The van der Waals surface area contributed by atoms with Crippen molar-refractivity contribution in [3.05, 3.63) is 36.4 Å². The van der Waals surface area contributed by atoms with E-state index in [1.54, 1.807) is 0 Å². The molecule has 9 nitrogen and oxygen atoms in total. The molecule has 2 aromatic rings. The number of anilines is 1. The normalized spacial score (nSPS) is 14.3. The van der Waals surface area contributed by atoms with Crippen molar-refractivity contribution >= 4 is 25.7 Å². The summed E-state index contributed by atoms with van der Waals surface area (Å²) >= 11 is 0. The molecule has 0 aromatic heterocycles. The maximum atomic E-state index is 12.7. The lowest BCUT2D eigenvalue weighted by molar-refractivity contribution is 0.297. The Labute approximate surface area is 157 Å². The average molecular weight is 414 g/mol. The van der Waals surface area contributed by atoms with Crippen LogP contribution in [0.4, 0.5) is 5.69 Å². The lowest BCUT2D eigenvalue weighted by Gasteiger charge is -2.13. The van der Waals surface area contributed by atoms with E-state index in [-0.39, 0.29) is 21.2 Å². The van der Waals surface area contributed by atoms with E-state index < -0.39 is 20.0 Å². The third-order valence-electron chi connectivity index (χ3n) is 3.75. The van der Waals surface area contributed by atoms with Crippen molar-refractivity contribution in [1.29, 1.82) is 0 Å². The summed E-state index contributed by atoms with van der Waals surface area (Å²) in [6.45, 7) is 0.902. The second-order valence-corrected chi connectivity index (χ2v) is 8.89. The molecule has 0 aliphatic carbocycles. The summed E-state index contributed by atoms with van der Waals surface area (Å²) in [5, 5.41) is 5.15. The molecule has 0 fully saturated rings. The number of benzene rings is 2. The van der Waals surface area contributed by atoms with Gasteiger partial charge in [0.15, 0.2) is 11.5 Å². The van der Waals surface area contributed by atoms with Crippen molar-refractivity contribution in [3.8, 4) is 17.2 Å². The van der Waals surface area contributed by atoms with Gasteiger partial charge < -0.3 is 14.2 Å². The predicted molar refractivity (Wildman–Crippen MR) is 97.2 cm³/mol. The van der Waals surface area contributed by atoms with Gasteiger partial charge in [-0.05, 0) is 30.3 Å². The Balaban J connectivity index is 1.94. The molecule has 3 N–H and O–H groups in total. The summed E-state index contributed by atoms with van der Waals surface area (Å²) in [7, 11) is -6.82. The van der Waals surface area contributed by atoms with E-state index in [1.165, 1.54) is 37.4 Å². The summed E-state index contributed by atoms with van der Waals surface area (Å²) in [5.74, 6) is 0.804. The first-order chi connectivity index (χ1) is 12.7. The van der Waals surface area contributed by atoms with Crippen molar-refractivity contribution in [2.24, 2.45) is 5.14 Å². The van der Waals surface area contributed by atoms with E-state index in [0.717, 1.165) is 6.07 Å². The first-order valence-corrected chi connectivity index (χ1v) is 10.9. The molecule has 0 spiro atoms. The monoisotopic (exact) mass is 414 g/mol. The molecule has 1 heterocycles. The van der Waals surface area contributed by atoms with Gasteiger partial charge in [0.2, 0.25) is 10.0 Å². The Morgan fingerprint density at radius 2 is 1.70 bits per heavy atom. The van der Waals surface area contributed by atoms with Crippen LogP contribution in [0.5, 0.6) is 17.2 Å². The van der Waals surface area contributed by atoms with Crippen LogP contribution < -0.4 is 24.1 Å². The van der Waals surface area contributed by atoms with Crippen LogP contribution >= 0.6 is 0 Å². The minimum Gasteiger partial charge on any atom is -0.495 e. The molecule has 0 saturated carbocycles. The quantitative estimate of drug-likeness (QED) is 0.753. The summed E-state index contributed by atoms with van der Waals surface area (Å²) in [4.78, 5) is -0.386. The molecule has 0 amide bonds. The zero-order chi connectivity index (χ0) is 19.7. The van der Waals surface area contributed by atoms with Gasteiger partial charge in [-0.2, -0.15) is 0 Å². The van der Waals surface area contributed by atoms with E-state index in [0.29, 0.717) is 31.1 Å². The fourth-order valence-corrected chi connectivity index (χ4v) is 4.27. The third-order valence-corrected chi connectivity index (χ3v) is 6.06. The van der Waals surface area contributed by atoms with E-state index in [2.05, 4.69) is 4.72 Å². The zero-order valence-corrected chi connectivity index (χ0v) is 16.0. The number of nitrogens with one attached hydrogen (secondary N) is 1. The number of hydrogen-bond acceptors (Lipinski definition) is 7. The van der Waals surface area contributed by atoms with Crippen LogP contribution in [0.1, 0.15) is 6.42 Å². The van der Waals surface area contributed by atoms with Gasteiger partial charge >= 0.3 is 0 Å². The first kappa shape index (κ1) is 19.3. The number of primary sulfonamides is 1. The largest absolute Gasteiger partial charge is 0.495 e. The first-order valence-electron chi connectivity index (χ1n) is 7.84. The highest BCUT2D eigenvalue weighted by atomic mass is 32.2. The van der Waals surface area contributed by atoms with Gasteiger partial charge in [0, 0.05) is 12.5 Å². The number of methoxy groups -OCH3 is 1. The topological polar surface area (TPSA) is 134 Å². The predicted octanol–water partition coefficient (Wildman–Crippen LogP) is 1.30. The summed E-state index contributed by atoms with van der Waals surface area (Å²) in [6, 6.07) is 8.01. The SMILES string of the molecule is COc1ccc(NS(=O)(=O)c2ccc3c(c2)OCCCO3)cc1S(N)(=O)=O. The minimum atomic E-state index is -4.10. The lowest BCUT2D eigenvalue weighted by atomic mass is 10.3. The number of nitrogens with two attached hydrogens (primary N) is 1. The second-order valence-electron chi connectivity index (χ2n) is 5.68. The Bertz CT molecular complexity index is 1070. The molecular formula is C16H18N2O7S2. The maximum Gasteiger partial charge on any atom is 0.262 e. The number of hydrogen-bond donors (Lipinski definition) is 2. The highest BCUT2D eigenvalue weighted by Crippen LogP contribution is 2.33. The molecule has 1 aliphatic rings. The fraction of sp³-hybridized carbons (Fsp3) is 0.250. The Morgan fingerprint density at radius 3 is 2.37 bits per heavy atom. The standard InChI is InChI=1S/C16H18N2O7S2/c1-23-14-5-3-11(9-16(14)26(17,19)20)18-27(21,22)12-4-6-13-15(10-12)25-8-2-7-24-13/h3-6,9-10,18H,2,7-8H2,1H3,(H2,17,19,20). The summed E-state index contributed by atoms with van der Waals surface area (Å²) in [5.41, 5.74) is 0.0203. The molecule has 0 bridgehead atoms. The molecule has 0 saturated heterocycles. The zero-order valence-electron chi connectivity index (χ0n) is 14.3. The van der Waals surface area contributed by atoms with Crippen LogP contribution in [-0.4, -0.2) is 37.2 Å². The Hall–Kier alpha value is -2.50. The second kappa shape index (κ2) is 7.25. The van der Waals surface area contributed by atoms with Crippen molar-refractivity contribution in [2.75, 3.05) is 25.0 Å². The molecule has 3 rings (SSSR count). The molecule has 0 unspecified atom stereocenters. The maximum absolute atomic E-state index is 12.7. The molecule has 0 radical (unpaired) electrons. The summed E-state index contributed by atoms with van der Waals surface area (Å²) in [6.07, 6.45) is 0.692. The smallest absolute Gasteiger partial charge is 0.262 e. The third kappa shape index (κ3) is 4.26. The van der Waals surface area contributed by atoms with Crippen LogP contribution in [0.3, 0.4) is 0 Å². The van der Waals surface area contributed by atoms with Crippen molar-refractivity contribution in [1.82, 2.24) is 0 Å². The van der Waals surface area contributed by atoms with E-state index >= 15 is 0 Å². The summed E-state index contributed by atoms with van der Waals surface area (Å²) < 4.78 is 67.0. The molecule has 2 aromatic carbocycles. The average Bonchev–Trinajstić information content (AvgIpc) is 2.85. The van der Waals surface area contributed by atoms with Gasteiger partial charge in [0.05, 0.1) is 30.9 Å². The lowest BCUT2D eigenvalue weighted by Crippen LogP contribution is -2.16. The Kier molecular flexibility index (Phi) is 5.18. The Morgan fingerprint density at radius 1 is 1.00 bits per heavy atom. The van der Waals surface area contributed by atoms with Crippen LogP contribution in [0.2, 0.25) is 0 Å². The fourth-order valence-electron chi connectivity index (χ4n) is 2.49.